The molecule has 0 saturated carbocycles. The van der Waals surface area contributed by atoms with Crippen LogP contribution in [0.3, 0.4) is 0 Å². The standard InChI is InChI=1S/C26H24N2O/c1-3-24(21-10-6-4-7-11-21)26(22-12-8-5-9-13-22)23-17-14-20(15-18-23)16-19-25(29)28-27-2/h4-19H,2-3H2,1H3,(H,28,29)/b19-16+,26-24-. The Hall–Kier alpha value is -3.72. The molecule has 0 aliphatic carbocycles. The number of nitrogens with zero attached hydrogens (tertiary/aromatic N) is 1. The second-order valence-corrected chi connectivity index (χ2v) is 6.53. The highest BCUT2D eigenvalue weighted by Crippen LogP contribution is 2.34. The molecule has 0 saturated heterocycles. The van der Waals surface area contributed by atoms with Crippen molar-refractivity contribution >= 4 is 29.8 Å². The predicted molar refractivity (Wildman–Crippen MR) is 122 cm³/mol. The molecule has 3 heteroatoms. The molecule has 3 aromatic rings. The summed E-state index contributed by atoms with van der Waals surface area (Å²) in [6, 6.07) is 29.2. The van der Waals surface area contributed by atoms with Crippen molar-refractivity contribution in [1.82, 2.24) is 5.43 Å². The Morgan fingerprint density at radius 3 is 1.97 bits per heavy atom. The number of allylic oxidation sites excluding steroid dienone is 1. The van der Waals surface area contributed by atoms with Crippen molar-refractivity contribution in [1.29, 1.82) is 0 Å². The average Bonchev–Trinajstić information content (AvgIpc) is 2.78. The first-order valence-corrected chi connectivity index (χ1v) is 9.61. The number of hydrazone groups is 1. The minimum Gasteiger partial charge on any atom is -0.268 e. The highest BCUT2D eigenvalue weighted by Gasteiger charge is 2.12. The third kappa shape index (κ3) is 5.17. The van der Waals surface area contributed by atoms with Crippen molar-refractivity contribution in [3.63, 3.8) is 0 Å². The first-order chi connectivity index (χ1) is 14.2. The minimum absolute atomic E-state index is 0.300. The zero-order valence-electron chi connectivity index (χ0n) is 16.5. The molecule has 3 rings (SSSR count). The van der Waals surface area contributed by atoms with Crippen LogP contribution in [0.5, 0.6) is 0 Å². The molecule has 0 radical (unpaired) electrons. The number of rotatable bonds is 7. The lowest BCUT2D eigenvalue weighted by atomic mass is 9.88. The molecule has 0 bridgehead atoms. The third-order valence-corrected chi connectivity index (χ3v) is 4.66. The predicted octanol–water partition coefficient (Wildman–Crippen LogP) is 5.80. The van der Waals surface area contributed by atoms with Crippen LogP contribution in [-0.2, 0) is 4.79 Å². The van der Waals surface area contributed by atoms with Crippen LogP contribution in [0.15, 0.2) is 96.1 Å². The first kappa shape index (κ1) is 20.0. The lowest BCUT2D eigenvalue weighted by Gasteiger charge is -2.16. The molecule has 29 heavy (non-hydrogen) atoms. The Morgan fingerprint density at radius 2 is 1.41 bits per heavy atom. The number of nitrogens with one attached hydrogen (secondary N) is 1. The SMILES string of the molecule is C=NNC(=O)/C=C/c1ccc(/C(=C(/CC)c2ccccc2)c2ccccc2)cc1. The number of hydrogen-bond donors (Lipinski definition) is 1. The highest BCUT2D eigenvalue weighted by molar-refractivity contribution is 5.98. The molecular formula is C26H24N2O. The Labute approximate surface area is 172 Å². The van der Waals surface area contributed by atoms with E-state index in [0.717, 1.165) is 17.5 Å². The van der Waals surface area contributed by atoms with E-state index in [1.807, 2.05) is 24.3 Å². The summed E-state index contributed by atoms with van der Waals surface area (Å²) in [6.45, 7) is 5.43. The fourth-order valence-corrected chi connectivity index (χ4v) is 3.33. The van der Waals surface area contributed by atoms with Crippen molar-refractivity contribution in [3.8, 4) is 0 Å². The number of hydrogen-bond acceptors (Lipinski definition) is 2. The van der Waals surface area contributed by atoms with Crippen LogP contribution < -0.4 is 5.43 Å². The Balaban J connectivity index is 2.05. The molecule has 0 aliphatic rings. The quantitative estimate of drug-likeness (QED) is 0.239. The van der Waals surface area contributed by atoms with Crippen molar-refractivity contribution in [2.75, 3.05) is 0 Å². The van der Waals surface area contributed by atoms with Crippen LogP contribution in [0.4, 0.5) is 0 Å². The van der Waals surface area contributed by atoms with Gasteiger partial charge in [-0.2, -0.15) is 5.10 Å². The van der Waals surface area contributed by atoms with E-state index in [4.69, 9.17) is 0 Å². The van der Waals surface area contributed by atoms with Crippen molar-refractivity contribution < 1.29 is 4.79 Å². The summed E-state index contributed by atoms with van der Waals surface area (Å²) in [5, 5.41) is 3.37. The molecule has 0 aromatic heterocycles. The van der Waals surface area contributed by atoms with Gasteiger partial charge in [0.05, 0.1) is 0 Å². The Kier molecular flexibility index (Phi) is 6.90. The molecule has 0 unspecified atom stereocenters. The van der Waals surface area contributed by atoms with Gasteiger partial charge in [0.2, 0.25) is 0 Å². The smallest absolute Gasteiger partial charge is 0.264 e. The van der Waals surface area contributed by atoms with Gasteiger partial charge in [-0.3, -0.25) is 4.79 Å². The van der Waals surface area contributed by atoms with Crippen molar-refractivity contribution in [2.45, 2.75) is 13.3 Å². The average molecular weight is 380 g/mol. The van der Waals surface area contributed by atoms with Gasteiger partial charge in [-0.05, 0) is 45.9 Å². The molecule has 3 nitrogen and oxygen atoms in total. The van der Waals surface area contributed by atoms with Crippen LogP contribution in [-0.4, -0.2) is 12.6 Å². The molecule has 0 atom stereocenters. The molecule has 0 heterocycles. The maximum atomic E-state index is 11.5. The largest absolute Gasteiger partial charge is 0.268 e. The summed E-state index contributed by atoms with van der Waals surface area (Å²) < 4.78 is 0. The van der Waals surface area contributed by atoms with Gasteiger partial charge >= 0.3 is 0 Å². The van der Waals surface area contributed by atoms with Gasteiger partial charge in [-0.1, -0.05) is 91.9 Å². The monoisotopic (exact) mass is 380 g/mol. The Morgan fingerprint density at radius 1 is 0.862 bits per heavy atom. The number of carbonyl (C=O) groups is 1. The zero-order valence-corrected chi connectivity index (χ0v) is 16.5. The van der Waals surface area contributed by atoms with E-state index in [9.17, 15) is 4.79 Å². The lowest BCUT2D eigenvalue weighted by molar-refractivity contribution is -0.116. The number of amides is 1. The van der Waals surface area contributed by atoms with Crippen LogP contribution in [0, 0.1) is 0 Å². The molecule has 1 N–H and O–H groups in total. The second-order valence-electron chi connectivity index (χ2n) is 6.53. The molecule has 0 spiro atoms. The van der Waals surface area contributed by atoms with Gasteiger partial charge in [0.15, 0.2) is 0 Å². The minimum atomic E-state index is -0.300. The lowest BCUT2D eigenvalue weighted by Crippen LogP contribution is -2.12. The maximum absolute atomic E-state index is 11.5. The van der Waals surface area contributed by atoms with Crippen molar-refractivity contribution in [3.05, 3.63) is 113 Å². The van der Waals surface area contributed by atoms with Crippen LogP contribution in [0.2, 0.25) is 0 Å². The van der Waals surface area contributed by atoms with Crippen LogP contribution in [0.1, 0.15) is 35.6 Å². The maximum Gasteiger partial charge on any atom is 0.264 e. The van der Waals surface area contributed by atoms with Gasteiger partial charge in [-0.15, -0.1) is 0 Å². The molecule has 144 valence electrons. The highest BCUT2D eigenvalue weighted by atomic mass is 16.2. The summed E-state index contributed by atoms with van der Waals surface area (Å²) >= 11 is 0. The van der Waals surface area contributed by atoms with Gasteiger partial charge in [0.1, 0.15) is 0 Å². The summed E-state index contributed by atoms with van der Waals surface area (Å²) in [5.41, 5.74) is 9.32. The molecule has 3 aromatic carbocycles. The van der Waals surface area contributed by atoms with E-state index in [2.05, 4.69) is 84.8 Å². The van der Waals surface area contributed by atoms with Gasteiger partial charge in [-0.25, -0.2) is 5.43 Å². The Bertz CT molecular complexity index is 1020. The van der Waals surface area contributed by atoms with Crippen molar-refractivity contribution in [2.24, 2.45) is 5.10 Å². The molecule has 1 amide bonds. The topological polar surface area (TPSA) is 41.5 Å². The normalized spacial score (nSPS) is 11.8. The van der Waals surface area contributed by atoms with Crippen LogP contribution in [0.25, 0.3) is 17.2 Å². The second kappa shape index (κ2) is 10.00. The molecular weight excluding hydrogens is 356 g/mol. The van der Waals surface area contributed by atoms with E-state index >= 15 is 0 Å². The summed E-state index contributed by atoms with van der Waals surface area (Å²) in [4.78, 5) is 11.5. The fraction of sp³-hybridized carbons (Fsp3) is 0.0769. The van der Waals surface area contributed by atoms with Crippen LogP contribution >= 0.6 is 0 Å². The summed E-state index contributed by atoms with van der Waals surface area (Å²) in [5.74, 6) is -0.300. The zero-order chi connectivity index (χ0) is 20.5. The van der Waals surface area contributed by atoms with E-state index in [-0.39, 0.29) is 5.91 Å². The first-order valence-electron chi connectivity index (χ1n) is 9.61. The van der Waals surface area contributed by atoms with E-state index < -0.39 is 0 Å². The van der Waals surface area contributed by atoms with Gasteiger partial charge in [0.25, 0.3) is 5.91 Å². The molecule has 0 fully saturated rings. The van der Waals surface area contributed by atoms with E-state index in [1.54, 1.807) is 6.08 Å². The summed E-state index contributed by atoms with van der Waals surface area (Å²) in [6.07, 6.45) is 4.12. The van der Waals surface area contributed by atoms with Gasteiger partial charge < -0.3 is 0 Å². The van der Waals surface area contributed by atoms with E-state index in [1.165, 1.54) is 28.3 Å². The van der Waals surface area contributed by atoms with E-state index in [0.29, 0.717) is 0 Å². The molecule has 0 aliphatic heterocycles. The summed E-state index contributed by atoms with van der Waals surface area (Å²) in [7, 11) is 0. The number of carbonyl (C=O) groups excluding carboxylic acids is 1. The fourth-order valence-electron chi connectivity index (χ4n) is 3.33. The number of benzene rings is 3. The third-order valence-electron chi connectivity index (χ3n) is 4.66. The van der Waals surface area contributed by atoms with Gasteiger partial charge in [0, 0.05) is 12.8 Å².